The zero-order valence-corrected chi connectivity index (χ0v) is 26.4. The van der Waals surface area contributed by atoms with Crippen LogP contribution in [0.5, 0.6) is 0 Å². The number of hydrogen-bond acceptors (Lipinski definition) is 10. The van der Waals surface area contributed by atoms with Crippen molar-refractivity contribution in [2.24, 2.45) is 28.2 Å². The molecule has 1 aliphatic rings. The second-order valence-electron chi connectivity index (χ2n) is 10.7. The van der Waals surface area contributed by atoms with Crippen LogP contribution < -0.4 is 33.2 Å². The van der Waals surface area contributed by atoms with Crippen molar-refractivity contribution in [3.8, 4) is 11.3 Å². The molecule has 1 aromatic carbocycles. The Hall–Kier alpha value is -5.04. The number of amides is 1. The predicted octanol–water partition coefficient (Wildman–Crippen LogP) is 4.48. The summed E-state index contributed by atoms with van der Waals surface area (Å²) in [5.74, 6) is 5.63. The van der Waals surface area contributed by atoms with E-state index in [-0.39, 0.29) is 22.5 Å². The molecular formula is C32H32Cl2N10O2. The highest BCUT2D eigenvalue weighted by atomic mass is 35.5. The first-order valence-corrected chi connectivity index (χ1v) is 15.1. The van der Waals surface area contributed by atoms with Crippen molar-refractivity contribution in [3.05, 3.63) is 123 Å². The van der Waals surface area contributed by atoms with Crippen LogP contribution in [0, 0.1) is 5.92 Å². The number of pyridine rings is 2. The molecule has 236 valence electrons. The molecule has 46 heavy (non-hydrogen) atoms. The van der Waals surface area contributed by atoms with Crippen molar-refractivity contribution in [1.29, 1.82) is 0 Å². The number of benzene rings is 1. The summed E-state index contributed by atoms with van der Waals surface area (Å²) in [6.07, 6.45) is 10.7. The molecule has 4 aromatic rings. The van der Waals surface area contributed by atoms with Crippen molar-refractivity contribution >= 4 is 46.2 Å². The van der Waals surface area contributed by atoms with Gasteiger partial charge >= 0.3 is 0 Å². The van der Waals surface area contributed by atoms with Gasteiger partial charge in [-0.25, -0.2) is 15.8 Å². The molecule has 14 heteroatoms. The highest BCUT2D eigenvalue weighted by Gasteiger charge is 2.24. The number of anilines is 1. The first-order chi connectivity index (χ1) is 22.1. The number of nitrogens with two attached hydrogens (primary N) is 3. The third kappa shape index (κ3) is 7.42. The largest absolute Gasteiger partial charge is 0.403 e. The number of hydrazine groups is 1. The average Bonchev–Trinajstić information content (AvgIpc) is 3.04. The van der Waals surface area contributed by atoms with E-state index in [4.69, 9.17) is 45.5 Å². The van der Waals surface area contributed by atoms with E-state index in [1.165, 1.54) is 34.4 Å². The monoisotopic (exact) mass is 658 g/mol. The van der Waals surface area contributed by atoms with Crippen molar-refractivity contribution in [3.63, 3.8) is 0 Å². The van der Waals surface area contributed by atoms with Gasteiger partial charge in [-0.15, -0.1) is 0 Å². The summed E-state index contributed by atoms with van der Waals surface area (Å²) in [5.41, 5.74) is 15.2. The van der Waals surface area contributed by atoms with E-state index in [0.29, 0.717) is 69.6 Å². The van der Waals surface area contributed by atoms with E-state index in [1.54, 1.807) is 55.0 Å². The van der Waals surface area contributed by atoms with E-state index < -0.39 is 6.04 Å². The lowest BCUT2D eigenvalue weighted by molar-refractivity contribution is -0.123. The molecule has 0 saturated carbocycles. The number of halogens is 2. The van der Waals surface area contributed by atoms with E-state index in [2.05, 4.69) is 20.3 Å². The fourth-order valence-corrected chi connectivity index (χ4v) is 5.43. The summed E-state index contributed by atoms with van der Waals surface area (Å²) in [4.78, 5) is 45.2. The number of aliphatic imine (C=N–C) groups is 1. The zero-order valence-electron chi connectivity index (χ0n) is 24.8. The third-order valence-corrected chi connectivity index (χ3v) is 7.80. The molecule has 0 spiro atoms. The molecule has 0 saturated heterocycles. The van der Waals surface area contributed by atoms with Gasteiger partial charge in [0.1, 0.15) is 5.16 Å². The quantitative estimate of drug-likeness (QED) is 0.136. The van der Waals surface area contributed by atoms with Crippen molar-refractivity contribution in [2.45, 2.75) is 32.2 Å². The minimum Gasteiger partial charge on any atom is -0.403 e. The number of carbonyl (C=O) groups is 1. The first kappa shape index (κ1) is 32.4. The molecule has 7 N–H and O–H groups in total. The number of aromatic nitrogens is 4. The van der Waals surface area contributed by atoms with Crippen molar-refractivity contribution in [1.82, 2.24) is 24.8 Å². The lowest BCUT2D eigenvalue weighted by Crippen LogP contribution is -2.33. The van der Waals surface area contributed by atoms with E-state index in [1.807, 2.05) is 13.0 Å². The Kier molecular flexibility index (Phi) is 10.1. The maximum atomic E-state index is 13.8. The molecule has 1 aliphatic heterocycles. The van der Waals surface area contributed by atoms with Gasteiger partial charge in [0.25, 0.3) is 5.56 Å². The van der Waals surface area contributed by atoms with Gasteiger partial charge in [-0.1, -0.05) is 36.5 Å². The fraction of sp³-hybridized carbons (Fsp3) is 0.188. The molecule has 2 unspecified atom stereocenters. The summed E-state index contributed by atoms with van der Waals surface area (Å²) in [6, 6.07) is 13.1. The minimum atomic E-state index is -0.502. The standard InChI is InChI=1S/C32H32Cl2N10O2/c1-19-4-2-6-28(43-18-40-24(14-30(43)45)23-13-21(33)7-8-27(23)44(37)17-29(34)36)25-12-20(9-11-39-25)31(26(15-35)42-32(19)46)41-22-5-3-10-38-16-22/h3,5,7-19,28H,2,4,6,35-37H2,1H3,(H,42,46)/b26-15?,29-17-,41-31?. The van der Waals surface area contributed by atoms with Gasteiger partial charge in [0, 0.05) is 46.7 Å². The molecule has 5 rings (SSSR count). The van der Waals surface area contributed by atoms with Gasteiger partial charge in [-0.05, 0) is 55.3 Å². The van der Waals surface area contributed by atoms with Crippen LogP contribution in [0.3, 0.4) is 0 Å². The topological polar surface area (TPSA) is 183 Å². The molecule has 0 aliphatic carbocycles. The van der Waals surface area contributed by atoms with Crippen LogP contribution in [0.1, 0.15) is 43.5 Å². The Morgan fingerprint density at radius 2 is 1.96 bits per heavy atom. The number of carbonyl (C=O) groups excluding carboxylic acids is 1. The Morgan fingerprint density at radius 3 is 2.67 bits per heavy atom. The van der Waals surface area contributed by atoms with Crippen molar-refractivity contribution < 1.29 is 4.79 Å². The van der Waals surface area contributed by atoms with Gasteiger partial charge < -0.3 is 16.8 Å². The van der Waals surface area contributed by atoms with Gasteiger partial charge in [0.2, 0.25) is 5.91 Å². The number of rotatable bonds is 5. The maximum Gasteiger partial charge on any atom is 0.254 e. The lowest BCUT2D eigenvalue weighted by atomic mass is 9.96. The van der Waals surface area contributed by atoms with Gasteiger partial charge in [0.05, 0.1) is 58.9 Å². The number of allylic oxidation sites excluding steroid dienone is 1. The predicted molar refractivity (Wildman–Crippen MR) is 180 cm³/mol. The summed E-state index contributed by atoms with van der Waals surface area (Å²) in [6.45, 7) is 1.85. The SMILES string of the molecule is CC1CCCC(n2cnc(-c3cc(Cl)ccc3N(N)/C=C(\N)Cl)cc2=O)c2cc(ccn2)C(=Nc2cccnc2)C(=CN)NC1=O. The molecular weight excluding hydrogens is 627 g/mol. The Bertz CT molecular complexity index is 1890. The highest BCUT2D eigenvalue weighted by Crippen LogP contribution is 2.32. The van der Waals surface area contributed by atoms with Crippen molar-refractivity contribution in [2.75, 3.05) is 5.01 Å². The molecule has 1 amide bonds. The van der Waals surface area contributed by atoms with Crippen LogP contribution in [0.2, 0.25) is 5.02 Å². The molecule has 4 heterocycles. The van der Waals surface area contributed by atoms with E-state index in [9.17, 15) is 9.59 Å². The summed E-state index contributed by atoms with van der Waals surface area (Å²) in [7, 11) is 0. The molecule has 12 nitrogen and oxygen atoms in total. The minimum absolute atomic E-state index is 0.0291. The molecule has 2 bridgehead atoms. The Balaban J connectivity index is 1.62. The van der Waals surface area contributed by atoms with Crippen LogP contribution in [-0.2, 0) is 4.79 Å². The second-order valence-corrected chi connectivity index (χ2v) is 11.5. The third-order valence-electron chi connectivity index (χ3n) is 7.47. The fourth-order valence-electron chi connectivity index (χ4n) is 5.15. The van der Waals surface area contributed by atoms with E-state index >= 15 is 0 Å². The number of fused-ring (bicyclic) bond motifs is 2. The van der Waals surface area contributed by atoms with Crippen LogP contribution in [0.4, 0.5) is 11.4 Å². The molecule has 0 fully saturated rings. The molecule has 2 atom stereocenters. The number of nitrogens with one attached hydrogen (secondary N) is 1. The second kappa shape index (κ2) is 14.4. The van der Waals surface area contributed by atoms with Gasteiger partial charge in [0.15, 0.2) is 0 Å². The van der Waals surface area contributed by atoms with Gasteiger partial charge in [-0.3, -0.25) is 29.1 Å². The zero-order chi connectivity index (χ0) is 32.8. The average molecular weight is 660 g/mol. The maximum absolute atomic E-state index is 13.8. The summed E-state index contributed by atoms with van der Waals surface area (Å²) in [5, 5.41) is 4.56. The summed E-state index contributed by atoms with van der Waals surface area (Å²) < 4.78 is 1.53. The molecule has 0 radical (unpaired) electrons. The van der Waals surface area contributed by atoms with Crippen LogP contribution in [0.25, 0.3) is 11.3 Å². The van der Waals surface area contributed by atoms with Gasteiger partial charge in [-0.2, -0.15) is 0 Å². The van der Waals surface area contributed by atoms with Crippen LogP contribution in [0.15, 0.2) is 106 Å². The molecule has 3 aromatic heterocycles. The Morgan fingerprint density at radius 1 is 1.13 bits per heavy atom. The first-order valence-electron chi connectivity index (χ1n) is 14.4. The van der Waals surface area contributed by atoms with Crippen LogP contribution in [-0.4, -0.2) is 31.1 Å². The number of nitrogens with zero attached hydrogens (tertiary/aromatic N) is 6. The lowest BCUT2D eigenvalue weighted by Gasteiger charge is -2.23. The summed E-state index contributed by atoms with van der Waals surface area (Å²) >= 11 is 12.1. The smallest absolute Gasteiger partial charge is 0.254 e. The normalized spacial score (nSPS) is 19.3. The van der Waals surface area contributed by atoms with E-state index in [0.717, 1.165) is 0 Å². The highest BCUT2D eigenvalue weighted by molar-refractivity contribution is 6.31. The van der Waals surface area contributed by atoms with Crippen LogP contribution >= 0.6 is 23.2 Å². The number of hydrogen-bond donors (Lipinski definition) is 4. The Labute approximate surface area is 275 Å².